The van der Waals surface area contributed by atoms with Crippen LogP contribution in [0, 0.1) is 6.92 Å². The number of rotatable bonds is 3. The first kappa shape index (κ1) is 10.6. The zero-order valence-corrected chi connectivity index (χ0v) is 9.10. The Morgan fingerprint density at radius 1 is 1.44 bits per heavy atom. The molecule has 84 valence electrons. The third-order valence-electron chi connectivity index (χ3n) is 2.39. The summed E-state index contributed by atoms with van der Waals surface area (Å²) < 4.78 is 1.38. The predicted molar refractivity (Wildman–Crippen MR) is 61.7 cm³/mol. The molecule has 1 aromatic carbocycles. The number of benzene rings is 1. The van der Waals surface area contributed by atoms with Crippen molar-refractivity contribution in [3.05, 3.63) is 46.1 Å². The fourth-order valence-electron chi connectivity index (χ4n) is 1.58. The largest absolute Gasteiger partial charge is 0.348 e. The lowest BCUT2D eigenvalue weighted by atomic mass is 10.2. The zero-order valence-electron chi connectivity index (χ0n) is 9.10. The van der Waals surface area contributed by atoms with Gasteiger partial charge in [-0.2, -0.15) is 9.78 Å². The molecule has 0 fully saturated rings. The van der Waals surface area contributed by atoms with E-state index >= 15 is 0 Å². The van der Waals surface area contributed by atoms with Crippen molar-refractivity contribution in [3.63, 3.8) is 0 Å². The number of nitrogens with two attached hydrogens (primary N) is 1. The quantitative estimate of drug-likeness (QED) is 0.781. The van der Waals surface area contributed by atoms with E-state index in [1.807, 2.05) is 31.2 Å². The van der Waals surface area contributed by atoms with Crippen LogP contribution in [-0.2, 0) is 6.42 Å². The molecule has 16 heavy (non-hydrogen) atoms. The Morgan fingerprint density at radius 3 is 2.88 bits per heavy atom. The minimum atomic E-state index is -0.224. The highest BCUT2D eigenvalue weighted by Crippen LogP contribution is 2.09. The Kier molecular flexibility index (Phi) is 2.87. The van der Waals surface area contributed by atoms with Gasteiger partial charge in [0, 0.05) is 6.42 Å². The van der Waals surface area contributed by atoms with Gasteiger partial charge in [0.1, 0.15) is 5.82 Å². The summed E-state index contributed by atoms with van der Waals surface area (Å²) in [5.74, 6) is 0.621. The maximum absolute atomic E-state index is 11.7. The van der Waals surface area contributed by atoms with Gasteiger partial charge in [0.2, 0.25) is 0 Å². The van der Waals surface area contributed by atoms with Crippen molar-refractivity contribution in [3.8, 4) is 5.69 Å². The Bertz CT molecular complexity index is 541. The number of para-hydroxylation sites is 1. The first-order valence-electron chi connectivity index (χ1n) is 5.16. The number of nitrogens with zero attached hydrogens (tertiary/aromatic N) is 2. The number of aromatic amines is 1. The van der Waals surface area contributed by atoms with Crippen molar-refractivity contribution in [1.29, 1.82) is 0 Å². The van der Waals surface area contributed by atoms with Crippen molar-refractivity contribution < 1.29 is 0 Å². The summed E-state index contributed by atoms with van der Waals surface area (Å²) in [6.45, 7) is 2.42. The molecule has 5 nitrogen and oxygen atoms in total. The van der Waals surface area contributed by atoms with Gasteiger partial charge in [0.25, 0.3) is 0 Å². The second-order valence-electron chi connectivity index (χ2n) is 3.61. The third kappa shape index (κ3) is 1.90. The molecule has 0 atom stereocenters. The fourth-order valence-corrected chi connectivity index (χ4v) is 1.58. The van der Waals surface area contributed by atoms with Crippen molar-refractivity contribution >= 4 is 0 Å². The molecule has 0 radical (unpaired) electrons. The van der Waals surface area contributed by atoms with Gasteiger partial charge in [-0.05, 0) is 25.1 Å². The van der Waals surface area contributed by atoms with Crippen LogP contribution >= 0.6 is 0 Å². The molecule has 0 aliphatic heterocycles. The summed E-state index contributed by atoms with van der Waals surface area (Å²) >= 11 is 0. The Labute approximate surface area is 92.9 Å². The number of aromatic nitrogens is 3. The van der Waals surface area contributed by atoms with Crippen LogP contribution in [0.1, 0.15) is 11.4 Å². The second-order valence-corrected chi connectivity index (χ2v) is 3.61. The van der Waals surface area contributed by atoms with Crippen molar-refractivity contribution in [2.75, 3.05) is 6.54 Å². The van der Waals surface area contributed by atoms with Gasteiger partial charge >= 0.3 is 5.69 Å². The van der Waals surface area contributed by atoms with Gasteiger partial charge in [-0.1, -0.05) is 18.2 Å². The van der Waals surface area contributed by atoms with Gasteiger partial charge in [-0.15, -0.1) is 0 Å². The topological polar surface area (TPSA) is 76.7 Å². The standard InChI is InChI=1S/C11H14N4O/c1-8-4-2-3-5-9(8)15-11(16)13-10(14-15)6-7-12/h2-5H,6-7,12H2,1H3,(H,13,14,16). The molecule has 0 aliphatic carbocycles. The average Bonchev–Trinajstić information content (AvgIpc) is 2.61. The maximum Gasteiger partial charge on any atom is 0.348 e. The summed E-state index contributed by atoms with van der Waals surface area (Å²) in [5, 5.41) is 4.20. The van der Waals surface area contributed by atoms with E-state index in [0.29, 0.717) is 18.8 Å². The zero-order chi connectivity index (χ0) is 11.5. The molecule has 0 amide bonds. The highest BCUT2D eigenvalue weighted by Gasteiger charge is 2.07. The van der Waals surface area contributed by atoms with Gasteiger partial charge in [0.05, 0.1) is 5.69 Å². The van der Waals surface area contributed by atoms with Crippen LogP contribution in [0.15, 0.2) is 29.1 Å². The smallest absolute Gasteiger partial charge is 0.330 e. The molecule has 0 bridgehead atoms. The number of aryl methyl sites for hydroxylation is 1. The number of hydrogen-bond acceptors (Lipinski definition) is 3. The number of hydrogen-bond donors (Lipinski definition) is 2. The first-order chi connectivity index (χ1) is 7.72. The van der Waals surface area contributed by atoms with E-state index < -0.39 is 0 Å². The lowest BCUT2D eigenvalue weighted by Gasteiger charge is -2.02. The van der Waals surface area contributed by atoms with Gasteiger partial charge in [-0.25, -0.2) is 4.79 Å². The predicted octanol–water partition coefficient (Wildman–Crippen LogP) is 0.370. The van der Waals surface area contributed by atoms with Crippen LogP contribution in [0.5, 0.6) is 0 Å². The molecule has 0 saturated carbocycles. The minimum Gasteiger partial charge on any atom is -0.330 e. The lowest BCUT2D eigenvalue weighted by Crippen LogP contribution is -2.16. The molecule has 2 aromatic rings. The highest BCUT2D eigenvalue weighted by molar-refractivity contribution is 5.38. The van der Waals surface area contributed by atoms with E-state index in [-0.39, 0.29) is 5.69 Å². The van der Waals surface area contributed by atoms with E-state index in [9.17, 15) is 4.79 Å². The van der Waals surface area contributed by atoms with Gasteiger partial charge in [0.15, 0.2) is 0 Å². The molecule has 0 aliphatic rings. The van der Waals surface area contributed by atoms with E-state index in [1.165, 1.54) is 4.68 Å². The lowest BCUT2D eigenvalue weighted by molar-refractivity contribution is 0.800. The highest BCUT2D eigenvalue weighted by atomic mass is 16.1. The summed E-state index contributed by atoms with van der Waals surface area (Å²) in [4.78, 5) is 14.4. The Morgan fingerprint density at radius 2 is 2.19 bits per heavy atom. The molecule has 1 heterocycles. The van der Waals surface area contributed by atoms with Crippen molar-refractivity contribution in [1.82, 2.24) is 14.8 Å². The van der Waals surface area contributed by atoms with Crippen molar-refractivity contribution in [2.45, 2.75) is 13.3 Å². The SMILES string of the molecule is Cc1ccccc1-n1nc(CCN)[nH]c1=O. The molecular weight excluding hydrogens is 204 g/mol. The van der Waals surface area contributed by atoms with Crippen LogP contribution in [0.3, 0.4) is 0 Å². The molecule has 5 heteroatoms. The van der Waals surface area contributed by atoms with Gasteiger partial charge < -0.3 is 5.73 Å². The molecular formula is C11H14N4O. The molecule has 0 unspecified atom stereocenters. The van der Waals surface area contributed by atoms with Crippen LogP contribution in [0.2, 0.25) is 0 Å². The van der Waals surface area contributed by atoms with E-state index in [4.69, 9.17) is 5.73 Å². The summed E-state index contributed by atoms with van der Waals surface area (Å²) in [7, 11) is 0. The summed E-state index contributed by atoms with van der Waals surface area (Å²) in [6.07, 6.45) is 0.578. The van der Waals surface area contributed by atoms with Crippen LogP contribution < -0.4 is 11.4 Å². The summed E-state index contributed by atoms with van der Waals surface area (Å²) in [6, 6.07) is 7.62. The monoisotopic (exact) mass is 218 g/mol. The average molecular weight is 218 g/mol. The van der Waals surface area contributed by atoms with Crippen LogP contribution in [-0.4, -0.2) is 21.3 Å². The molecule has 1 aromatic heterocycles. The minimum absolute atomic E-state index is 0.224. The Balaban J connectivity index is 2.48. The van der Waals surface area contributed by atoms with E-state index in [1.54, 1.807) is 0 Å². The van der Waals surface area contributed by atoms with Gasteiger partial charge in [-0.3, -0.25) is 4.98 Å². The fraction of sp³-hybridized carbons (Fsp3) is 0.273. The number of H-pyrrole nitrogens is 1. The maximum atomic E-state index is 11.7. The van der Waals surface area contributed by atoms with E-state index in [2.05, 4.69) is 10.1 Å². The van der Waals surface area contributed by atoms with Crippen LogP contribution in [0.4, 0.5) is 0 Å². The van der Waals surface area contributed by atoms with E-state index in [0.717, 1.165) is 11.3 Å². The van der Waals surface area contributed by atoms with Crippen LogP contribution in [0.25, 0.3) is 5.69 Å². The second kappa shape index (κ2) is 4.32. The first-order valence-corrected chi connectivity index (χ1v) is 5.16. The molecule has 3 N–H and O–H groups in total. The summed E-state index contributed by atoms with van der Waals surface area (Å²) in [5.41, 5.74) is 7.00. The number of nitrogens with one attached hydrogen (secondary N) is 1. The Hall–Kier alpha value is -1.88. The van der Waals surface area contributed by atoms with Crippen molar-refractivity contribution in [2.24, 2.45) is 5.73 Å². The normalized spacial score (nSPS) is 10.6. The molecule has 2 rings (SSSR count). The molecule has 0 spiro atoms. The third-order valence-corrected chi connectivity index (χ3v) is 2.39. The molecule has 0 saturated heterocycles.